The van der Waals surface area contributed by atoms with Crippen molar-refractivity contribution in [1.82, 2.24) is 14.9 Å². The molecule has 2 rings (SSSR count). The molecule has 7 heteroatoms. The SMILES string of the molecule is CCOc1c(OC)cc(/C=N\n2cnnc2)cc1OC. The van der Waals surface area contributed by atoms with Gasteiger partial charge < -0.3 is 14.2 Å². The maximum Gasteiger partial charge on any atom is 0.203 e. The smallest absolute Gasteiger partial charge is 0.203 e. The number of hydrogen-bond acceptors (Lipinski definition) is 6. The highest BCUT2D eigenvalue weighted by Crippen LogP contribution is 2.38. The van der Waals surface area contributed by atoms with Crippen LogP contribution < -0.4 is 14.2 Å². The number of hydrogen-bond donors (Lipinski definition) is 0. The largest absolute Gasteiger partial charge is 0.493 e. The molecule has 1 aromatic heterocycles. The van der Waals surface area contributed by atoms with Crippen molar-refractivity contribution < 1.29 is 14.2 Å². The second kappa shape index (κ2) is 6.55. The first-order chi connectivity index (χ1) is 9.78. The fourth-order valence-electron chi connectivity index (χ4n) is 1.65. The second-order valence-electron chi connectivity index (χ2n) is 3.77. The van der Waals surface area contributed by atoms with Gasteiger partial charge in [0, 0.05) is 5.56 Å². The minimum atomic E-state index is 0.529. The summed E-state index contributed by atoms with van der Waals surface area (Å²) in [6.45, 7) is 2.43. The molecule has 1 aromatic carbocycles. The third-order valence-corrected chi connectivity index (χ3v) is 2.52. The van der Waals surface area contributed by atoms with Crippen molar-refractivity contribution in [2.24, 2.45) is 5.10 Å². The molecule has 0 saturated heterocycles. The molecule has 0 aliphatic rings. The van der Waals surface area contributed by atoms with Crippen molar-refractivity contribution in [3.8, 4) is 17.2 Å². The Morgan fingerprint density at radius 3 is 2.25 bits per heavy atom. The van der Waals surface area contributed by atoms with Crippen LogP contribution in [0, 0.1) is 0 Å². The molecule has 0 aliphatic carbocycles. The average Bonchev–Trinajstić information content (AvgIpc) is 2.99. The lowest BCUT2D eigenvalue weighted by atomic mass is 10.2. The third kappa shape index (κ3) is 3.05. The Morgan fingerprint density at radius 2 is 1.75 bits per heavy atom. The van der Waals surface area contributed by atoms with Crippen LogP contribution in [0.5, 0.6) is 17.2 Å². The zero-order valence-corrected chi connectivity index (χ0v) is 11.6. The predicted octanol–water partition coefficient (Wildman–Crippen LogP) is 1.58. The van der Waals surface area contributed by atoms with Crippen LogP contribution in [0.25, 0.3) is 0 Å². The normalized spacial score (nSPS) is 10.8. The first-order valence-electron chi connectivity index (χ1n) is 6.06. The predicted molar refractivity (Wildman–Crippen MR) is 73.7 cm³/mol. The van der Waals surface area contributed by atoms with Gasteiger partial charge >= 0.3 is 0 Å². The molecule has 0 spiro atoms. The van der Waals surface area contributed by atoms with E-state index in [0.29, 0.717) is 23.9 Å². The Kier molecular flexibility index (Phi) is 4.54. The van der Waals surface area contributed by atoms with Crippen molar-refractivity contribution >= 4 is 6.21 Å². The number of aromatic nitrogens is 3. The van der Waals surface area contributed by atoms with Gasteiger partial charge in [-0.1, -0.05) is 0 Å². The van der Waals surface area contributed by atoms with Crippen molar-refractivity contribution in [2.45, 2.75) is 6.92 Å². The molecule has 106 valence electrons. The van der Waals surface area contributed by atoms with Gasteiger partial charge in [-0.3, -0.25) is 0 Å². The summed E-state index contributed by atoms with van der Waals surface area (Å²) in [5.74, 6) is 1.77. The molecule has 0 bridgehead atoms. The van der Waals surface area contributed by atoms with Crippen molar-refractivity contribution in [3.05, 3.63) is 30.4 Å². The minimum absolute atomic E-state index is 0.529. The molecular formula is C13H16N4O3. The van der Waals surface area contributed by atoms with Gasteiger partial charge in [0.15, 0.2) is 11.5 Å². The highest BCUT2D eigenvalue weighted by atomic mass is 16.5. The molecule has 0 radical (unpaired) electrons. The van der Waals surface area contributed by atoms with Gasteiger partial charge in [-0.2, -0.15) is 5.10 Å². The Morgan fingerprint density at radius 1 is 1.15 bits per heavy atom. The number of nitrogens with zero attached hydrogens (tertiary/aromatic N) is 4. The maximum absolute atomic E-state index is 5.54. The van der Waals surface area contributed by atoms with Crippen LogP contribution in [0.1, 0.15) is 12.5 Å². The number of benzene rings is 1. The fourth-order valence-corrected chi connectivity index (χ4v) is 1.65. The average molecular weight is 276 g/mol. The molecule has 0 fully saturated rings. The van der Waals surface area contributed by atoms with Crippen LogP contribution >= 0.6 is 0 Å². The van der Waals surface area contributed by atoms with Gasteiger partial charge in [0.1, 0.15) is 12.7 Å². The van der Waals surface area contributed by atoms with Crippen LogP contribution in [0.15, 0.2) is 29.9 Å². The monoisotopic (exact) mass is 276 g/mol. The summed E-state index contributed by atoms with van der Waals surface area (Å²) in [5, 5.41) is 11.5. The topological polar surface area (TPSA) is 70.8 Å². The van der Waals surface area contributed by atoms with E-state index in [1.165, 1.54) is 17.3 Å². The van der Waals surface area contributed by atoms with E-state index in [-0.39, 0.29) is 0 Å². The van der Waals surface area contributed by atoms with Crippen LogP contribution in [0.4, 0.5) is 0 Å². The van der Waals surface area contributed by atoms with Gasteiger partial charge in [-0.05, 0) is 19.1 Å². The molecule has 0 atom stereocenters. The summed E-state index contributed by atoms with van der Waals surface area (Å²) in [6, 6.07) is 3.64. The molecule has 0 amide bonds. The van der Waals surface area contributed by atoms with E-state index in [9.17, 15) is 0 Å². The van der Waals surface area contributed by atoms with Crippen LogP contribution in [-0.2, 0) is 0 Å². The number of methoxy groups -OCH3 is 2. The molecule has 0 saturated carbocycles. The van der Waals surface area contributed by atoms with Gasteiger partial charge in [0.25, 0.3) is 0 Å². The first kappa shape index (κ1) is 13.9. The zero-order chi connectivity index (χ0) is 14.4. The number of ether oxygens (including phenoxy) is 3. The van der Waals surface area contributed by atoms with E-state index in [2.05, 4.69) is 15.3 Å². The highest BCUT2D eigenvalue weighted by molar-refractivity contribution is 5.82. The highest BCUT2D eigenvalue weighted by Gasteiger charge is 2.13. The van der Waals surface area contributed by atoms with Gasteiger partial charge in [0.2, 0.25) is 5.75 Å². The lowest BCUT2D eigenvalue weighted by Gasteiger charge is -2.14. The van der Waals surface area contributed by atoms with Crippen LogP contribution in [0.3, 0.4) is 0 Å². The van der Waals surface area contributed by atoms with E-state index in [1.807, 2.05) is 19.1 Å². The van der Waals surface area contributed by atoms with Crippen molar-refractivity contribution in [2.75, 3.05) is 20.8 Å². The van der Waals surface area contributed by atoms with E-state index in [0.717, 1.165) is 5.56 Å². The second-order valence-corrected chi connectivity index (χ2v) is 3.77. The molecule has 1 heterocycles. The Labute approximate surface area is 116 Å². The van der Waals surface area contributed by atoms with Crippen LogP contribution in [0.2, 0.25) is 0 Å². The standard InChI is InChI=1S/C13H16N4O3/c1-4-20-13-11(18-2)5-10(6-12(13)19-3)7-16-17-8-14-15-9-17/h5-9H,4H2,1-3H3/b16-7-. The zero-order valence-electron chi connectivity index (χ0n) is 11.6. The van der Waals surface area contributed by atoms with Crippen molar-refractivity contribution in [1.29, 1.82) is 0 Å². The number of rotatable bonds is 6. The van der Waals surface area contributed by atoms with Crippen LogP contribution in [-0.4, -0.2) is 41.9 Å². The lowest BCUT2D eigenvalue weighted by molar-refractivity contribution is 0.288. The summed E-state index contributed by atoms with van der Waals surface area (Å²) in [6.07, 6.45) is 4.66. The first-order valence-corrected chi connectivity index (χ1v) is 6.06. The Hall–Kier alpha value is -2.57. The molecular weight excluding hydrogens is 260 g/mol. The van der Waals surface area contributed by atoms with Gasteiger partial charge in [0.05, 0.1) is 27.0 Å². The van der Waals surface area contributed by atoms with E-state index < -0.39 is 0 Å². The van der Waals surface area contributed by atoms with Gasteiger partial charge in [-0.25, -0.2) is 4.68 Å². The molecule has 0 unspecified atom stereocenters. The van der Waals surface area contributed by atoms with Crippen molar-refractivity contribution in [3.63, 3.8) is 0 Å². The van der Waals surface area contributed by atoms with E-state index in [1.54, 1.807) is 20.4 Å². The quantitative estimate of drug-likeness (QED) is 0.749. The summed E-state index contributed by atoms with van der Waals surface area (Å²) >= 11 is 0. The summed E-state index contributed by atoms with van der Waals surface area (Å²) in [5.41, 5.74) is 0.816. The Balaban J connectivity index is 2.34. The van der Waals surface area contributed by atoms with E-state index >= 15 is 0 Å². The van der Waals surface area contributed by atoms with Gasteiger partial charge in [-0.15, -0.1) is 10.2 Å². The summed E-state index contributed by atoms with van der Waals surface area (Å²) in [7, 11) is 3.16. The lowest BCUT2D eigenvalue weighted by Crippen LogP contribution is -2.00. The molecule has 0 N–H and O–H groups in total. The molecule has 0 aliphatic heterocycles. The molecule has 7 nitrogen and oxygen atoms in total. The van der Waals surface area contributed by atoms with E-state index in [4.69, 9.17) is 14.2 Å². The summed E-state index contributed by atoms with van der Waals surface area (Å²) < 4.78 is 17.7. The fraction of sp³-hybridized carbons (Fsp3) is 0.308. The molecule has 20 heavy (non-hydrogen) atoms. The third-order valence-electron chi connectivity index (χ3n) is 2.52. The Bertz CT molecular complexity index is 556. The maximum atomic E-state index is 5.54. The minimum Gasteiger partial charge on any atom is -0.493 e. The molecule has 2 aromatic rings. The summed E-state index contributed by atoms with van der Waals surface area (Å²) in [4.78, 5) is 0.